The van der Waals surface area contributed by atoms with Crippen LogP contribution in [0.2, 0.25) is 10.0 Å². The van der Waals surface area contributed by atoms with Gasteiger partial charge in [0.2, 0.25) is 5.91 Å². The monoisotopic (exact) mass is 369 g/mol. The first kappa shape index (κ1) is 17.5. The zero-order chi connectivity index (χ0) is 17.3. The summed E-state index contributed by atoms with van der Waals surface area (Å²) in [5.41, 5.74) is 0.282. The molecule has 0 spiro atoms. The van der Waals surface area contributed by atoms with E-state index >= 15 is 0 Å². The molecule has 2 fully saturated rings. The lowest BCUT2D eigenvalue weighted by atomic mass is 10.1. The molecule has 0 saturated carbocycles. The Morgan fingerprint density at radius 2 is 2.00 bits per heavy atom. The average Bonchev–Trinajstić information content (AvgIpc) is 2.82. The van der Waals surface area contributed by atoms with Crippen LogP contribution in [0.5, 0.6) is 0 Å². The minimum absolute atomic E-state index is 0.0299. The van der Waals surface area contributed by atoms with Gasteiger partial charge in [-0.3, -0.25) is 9.59 Å². The maximum absolute atomic E-state index is 12.9. The van der Waals surface area contributed by atoms with Crippen molar-refractivity contribution in [3.63, 3.8) is 0 Å². The van der Waals surface area contributed by atoms with Crippen molar-refractivity contribution in [3.8, 4) is 0 Å². The van der Waals surface area contributed by atoms with Crippen molar-refractivity contribution in [2.24, 2.45) is 0 Å². The van der Waals surface area contributed by atoms with E-state index in [1.54, 1.807) is 25.1 Å². The molecule has 2 amide bonds. The van der Waals surface area contributed by atoms with E-state index < -0.39 is 6.04 Å². The molecule has 0 aromatic heterocycles. The van der Waals surface area contributed by atoms with Gasteiger partial charge in [-0.1, -0.05) is 29.3 Å². The van der Waals surface area contributed by atoms with Gasteiger partial charge < -0.3 is 15.5 Å². The number of fused-ring (bicyclic) bond motifs is 2. The van der Waals surface area contributed by atoms with Crippen LogP contribution in [0.4, 0.5) is 0 Å². The molecule has 1 aromatic rings. The molecule has 1 aromatic carbocycles. The van der Waals surface area contributed by atoms with Crippen LogP contribution >= 0.6 is 23.2 Å². The molecule has 2 bridgehead atoms. The van der Waals surface area contributed by atoms with Gasteiger partial charge in [-0.15, -0.1) is 0 Å². The summed E-state index contributed by atoms with van der Waals surface area (Å²) in [6, 6.07) is 4.77. The highest BCUT2D eigenvalue weighted by Gasteiger charge is 2.39. The lowest BCUT2D eigenvalue weighted by molar-refractivity contribution is -0.135. The van der Waals surface area contributed by atoms with Crippen LogP contribution < -0.4 is 10.6 Å². The van der Waals surface area contributed by atoms with E-state index in [-0.39, 0.29) is 34.5 Å². The van der Waals surface area contributed by atoms with Crippen LogP contribution in [-0.4, -0.2) is 47.9 Å². The molecule has 0 radical (unpaired) electrons. The minimum Gasteiger partial charge on any atom is -0.340 e. The Labute approximate surface area is 151 Å². The molecule has 2 N–H and O–H groups in total. The second-order valence-corrected chi connectivity index (χ2v) is 7.20. The maximum Gasteiger partial charge on any atom is 0.253 e. The van der Waals surface area contributed by atoms with E-state index in [1.165, 1.54) is 0 Å². The number of nitrogens with zero attached hydrogens (tertiary/aromatic N) is 1. The van der Waals surface area contributed by atoms with E-state index in [0.29, 0.717) is 5.02 Å². The molecule has 7 heteroatoms. The standard InChI is InChI=1S/C17H21Cl2N3O2/c1-10(21-16(23)13-3-2-4-14(18)15(13)19)17(24)22-11-5-6-12(22)9-20-8-7-11/h2-4,10-12,20H,5-9H2,1H3,(H,21,23). The molecule has 2 heterocycles. The van der Waals surface area contributed by atoms with Gasteiger partial charge in [0, 0.05) is 18.6 Å². The van der Waals surface area contributed by atoms with Crippen molar-refractivity contribution in [1.82, 2.24) is 15.5 Å². The Hall–Kier alpha value is -1.30. The first-order valence-electron chi connectivity index (χ1n) is 8.27. The quantitative estimate of drug-likeness (QED) is 0.859. The highest BCUT2D eigenvalue weighted by molar-refractivity contribution is 6.43. The van der Waals surface area contributed by atoms with Gasteiger partial charge in [0.05, 0.1) is 15.6 Å². The van der Waals surface area contributed by atoms with Crippen LogP contribution in [0.3, 0.4) is 0 Å². The zero-order valence-corrected chi connectivity index (χ0v) is 15.0. The van der Waals surface area contributed by atoms with Crippen LogP contribution in [0, 0.1) is 0 Å². The van der Waals surface area contributed by atoms with E-state index in [2.05, 4.69) is 10.6 Å². The summed E-state index contributed by atoms with van der Waals surface area (Å²) in [6.07, 6.45) is 3.02. The van der Waals surface area contributed by atoms with Gasteiger partial charge in [-0.05, 0) is 44.9 Å². The third-order valence-electron chi connectivity index (χ3n) is 4.82. The Kier molecular flexibility index (Phi) is 5.33. The second kappa shape index (κ2) is 7.30. The molecule has 2 aliphatic heterocycles. The Morgan fingerprint density at radius 3 is 2.79 bits per heavy atom. The molecular weight excluding hydrogens is 349 g/mol. The number of hydrogen-bond donors (Lipinski definition) is 2. The molecule has 24 heavy (non-hydrogen) atoms. The lowest BCUT2D eigenvalue weighted by Gasteiger charge is -2.30. The molecule has 3 rings (SSSR count). The van der Waals surface area contributed by atoms with Crippen LogP contribution in [0.15, 0.2) is 18.2 Å². The first-order chi connectivity index (χ1) is 11.5. The third kappa shape index (κ3) is 3.39. The van der Waals surface area contributed by atoms with Crippen molar-refractivity contribution in [3.05, 3.63) is 33.8 Å². The van der Waals surface area contributed by atoms with E-state index in [0.717, 1.165) is 32.4 Å². The van der Waals surface area contributed by atoms with Crippen molar-refractivity contribution < 1.29 is 9.59 Å². The lowest BCUT2D eigenvalue weighted by Crippen LogP contribution is -2.51. The third-order valence-corrected chi connectivity index (χ3v) is 5.64. The molecule has 2 saturated heterocycles. The molecular formula is C17H21Cl2N3O2. The summed E-state index contributed by atoms with van der Waals surface area (Å²) in [4.78, 5) is 27.2. The number of rotatable bonds is 3. The molecule has 130 valence electrons. The highest BCUT2D eigenvalue weighted by Crippen LogP contribution is 2.29. The van der Waals surface area contributed by atoms with E-state index in [9.17, 15) is 9.59 Å². The number of halogens is 2. The van der Waals surface area contributed by atoms with Crippen molar-refractivity contribution >= 4 is 35.0 Å². The van der Waals surface area contributed by atoms with Crippen molar-refractivity contribution in [1.29, 1.82) is 0 Å². The number of amides is 2. The molecule has 2 aliphatic rings. The fraction of sp³-hybridized carbons (Fsp3) is 0.529. The Bertz CT molecular complexity index is 639. The SMILES string of the molecule is CC(NC(=O)c1cccc(Cl)c1Cl)C(=O)N1C2CCNCC1CC2. The summed E-state index contributed by atoms with van der Waals surface area (Å²) in [5, 5.41) is 6.65. The summed E-state index contributed by atoms with van der Waals surface area (Å²) in [6.45, 7) is 3.48. The van der Waals surface area contributed by atoms with Gasteiger partial charge in [0.1, 0.15) is 6.04 Å². The Balaban J connectivity index is 1.70. The number of carbonyl (C=O) groups is 2. The highest BCUT2D eigenvalue weighted by atomic mass is 35.5. The predicted molar refractivity (Wildman–Crippen MR) is 94.5 cm³/mol. The van der Waals surface area contributed by atoms with Gasteiger partial charge in [-0.25, -0.2) is 0 Å². The topological polar surface area (TPSA) is 61.4 Å². The summed E-state index contributed by atoms with van der Waals surface area (Å²) in [5.74, 6) is -0.415. The number of nitrogens with one attached hydrogen (secondary N) is 2. The maximum atomic E-state index is 12.9. The normalized spacial score (nSPS) is 24.4. The molecule has 0 aliphatic carbocycles. The minimum atomic E-state index is -0.603. The summed E-state index contributed by atoms with van der Waals surface area (Å²) >= 11 is 12.0. The van der Waals surface area contributed by atoms with Crippen LogP contribution in [0.1, 0.15) is 36.5 Å². The second-order valence-electron chi connectivity index (χ2n) is 6.42. The number of carbonyl (C=O) groups excluding carboxylic acids is 2. The Morgan fingerprint density at radius 1 is 1.25 bits per heavy atom. The molecule has 5 nitrogen and oxygen atoms in total. The average molecular weight is 370 g/mol. The fourth-order valence-electron chi connectivity index (χ4n) is 3.58. The zero-order valence-electron chi connectivity index (χ0n) is 13.5. The van der Waals surface area contributed by atoms with Crippen LogP contribution in [0.25, 0.3) is 0 Å². The largest absolute Gasteiger partial charge is 0.340 e. The number of benzene rings is 1. The van der Waals surface area contributed by atoms with Gasteiger partial charge >= 0.3 is 0 Å². The van der Waals surface area contributed by atoms with Gasteiger partial charge in [0.15, 0.2) is 0 Å². The smallest absolute Gasteiger partial charge is 0.253 e. The molecule has 3 unspecified atom stereocenters. The summed E-state index contributed by atoms with van der Waals surface area (Å²) in [7, 11) is 0. The van der Waals surface area contributed by atoms with Crippen LogP contribution in [-0.2, 0) is 4.79 Å². The fourth-order valence-corrected chi connectivity index (χ4v) is 3.97. The van der Waals surface area contributed by atoms with Crippen molar-refractivity contribution in [2.45, 2.75) is 44.3 Å². The first-order valence-corrected chi connectivity index (χ1v) is 9.02. The molecule has 3 atom stereocenters. The predicted octanol–water partition coefficient (Wildman–Crippen LogP) is 2.46. The number of hydrogen-bond acceptors (Lipinski definition) is 3. The van der Waals surface area contributed by atoms with E-state index in [1.807, 2.05) is 4.90 Å². The van der Waals surface area contributed by atoms with Crippen molar-refractivity contribution in [2.75, 3.05) is 13.1 Å². The summed E-state index contributed by atoms with van der Waals surface area (Å²) < 4.78 is 0. The van der Waals surface area contributed by atoms with Gasteiger partial charge in [-0.2, -0.15) is 0 Å². The van der Waals surface area contributed by atoms with Gasteiger partial charge in [0.25, 0.3) is 5.91 Å². The van der Waals surface area contributed by atoms with E-state index in [4.69, 9.17) is 23.2 Å².